The number of hydrogen-bond acceptors (Lipinski definition) is 7. The Morgan fingerprint density at radius 3 is 2.89 bits per heavy atom. The van der Waals surface area contributed by atoms with E-state index in [9.17, 15) is 4.79 Å². The summed E-state index contributed by atoms with van der Waals surface area (Å²) in [4.78, 5) is 17.5. The Morgan fingerprint density at radius 1 is 1.39 bits per heavy atom. The normalized spacial score (nSPS) is 17.4. The van der Waals surface area contributed by atoms with Crippen molar-refractivity contribution in [1.82, 2.24) is 0 Å². The van der Waals surface area contributed by atoms with Gasteiger partial charge in [-0.2, -0.15) is 0 Å². The highest BCUT2D eigenvalue weighted by molar-refractivity contribution is 6.05. The molecule has 1 aromatic heterocycles. The molecule has 2 heterocycles. The van der Waals surface area contributed by atoms with E-state index in [1.54, 1.807) is 13.0 Å². The number of fused-ring (bicyclic) bond motifs is 1. The summed E-state index contributed by atoms with van der Waals surface area (Å²) >= 11 is 0. The van der Waals surface area contributed by atoms with E-state index >= 15 is 0 Å². The van der Waals surface area contributed by atoms with E-state index in [1.807, 2.05) is 19.1 Å². The minimum Gasteiger partial charge on any atom is -0.488 e. The van der Waals surface area contributed by atoms with Crippen LogP contribution in [0.3, 0.4) is 0 Å². The molecular formula is C21H25NO6. The van der Waals surface area contributed by atoms with Crippen molar-refractivity contribution in [2.75, 3.05) is 20.3 Å². The zero-order chi connectivity index (χ0) is 20.1. The van der Waals surface area contributed by atoms with Crippen LogP contribution in [-0.2, 0) is 9.57 Å². The molecule has 0 saturated carbocycles. The van der Waals surface area contributed by atoms with Gasteiger partial charge in [-0.3, -0.25) is 0 Å². The predicted octanol–water partition coefficient (Wildman–Crippen LogP) is 3.94. The molecule has 3 rings (SSSR count). The summed E-state index contributed by atoms with van der Waals surface area (Å²) in [7, 11) is 1.41. The van der Waals surface area contributed by atoms with Crippen molar-refractivity contribution in [3.8, 4) is 11.5 Å². The number of rotatable bonds is 7. The molecule has 150 valence electrons. The molecule has 1 aliphatic rings. The summed E-state index contributed by atoms with van der Waals surface area (Å²) in [6.45, 7) is 8.10. The maximum absolute atomic E-state index is 12.7. The monoisotopic (exact) mass is 387 g/mol. The fourth-order valence-corrected chi connectivity index (χ4v) is 3.22. The molecule has 0 amide bonds. The lowest BCUT2D eigenvalue weighted by Crippen LogP contribution is -2.25. The van der Waals surface area contributed by atoms with Crippen molar-refractivity contribution in [3.63, 3.8) is 0 Å². The van der Waals surface area contributed by atoms with Gasteiger partial charge in [0, 0.05) is 12.0 Å². The SMILES string of the molecule is C=CCOc1c(/C(C)=N/OC)c(=O)oc2c(C)c(OC3CCCCO3)ccc12. The van der Waals surface area contributed by atoms with Crippen LogP contribution in [0.2, 0.25) is 0 Å². The summed E-state index contributed by atoms with van der Waals surface area (Å²) < 4.78 is 23.1. The first-order chi connectivity index (χ1) is 13.6. The molecule has 0 spiro atoms. The predicted molar refractivity (Wildman–Crippen MR) is 106 cm³/mol. The molecular weight excluding hydrogens is 362 g/mol. The van der Waals surface area contributed by atoms with Gasteiger partial charge in [-0.05, 0) is 38.8 Å². The third-order valence-electron chi connectivity index (χ3n) is 4.56. The second-order valence-electron chi connectivity index (χ2n) is 6.53. The molecule has 0 aliphatic carbocycles. The molecule has 1 fully saturated rings. The van der Waals surface area contributed by atoms with Gasteiger partial charge in [-0.25, -0.2) is 4.79 Å². The molecule has 1 atom stereocenters. The molecule has 1 unspecified atom stereocenters. The van der Waals surface area contributed by atoms with E-state index in [0.717, 1.165) is 19.3 Å². The zero-order valence-electron chi connectivity index (χ0n) is 16.4. The summed E-state index contributed by atoms with van der Waals surface area (Å²) in [5.74, 6) is 1.00. The molecule has 0 radical (unpaired) electrons. The highest BCUT2D eigenvalue weighted by atomic mass is 16.7. The van der Waals surface area contributed by atoms with Crippen LogP contribution in [0.25, 0.3) is 11.0 Å². The Morgan fingerprint density at radius 2 is 2.21 bits per heavy atom. The van der Waals surface area contributed by atoms with Crippen LogP contribution >= 0.6 is 0 Å². The number of benzene rings is 1. The number of hydrogen-bond donors (Lipinski definition) is 0. The van der Waals surface area contributed by atoms with Gasteiger partial charge in [0.25, 0.3) is 0 Å². The molecule has 1 aromatic carbocycles. The first kappa shape index (κ1) is 19.9. The third-order valence-corrected chi connectivity index (χ3v) is 4.56. The Labute approximate surface area is 163 Å². The van der Waals surface area contributed by atoms with Crippen LogP contribution in [-0.4, -0.2) is 32.3 Å². The average molecular weight is 387 g/mol. The number of nitrogens with zero attached hydrogens (tertiary/aromatic N) is 1. The fraction of sp³-hybridized carbons (Fsp3) is 0.429. The Bertz CT molecular complexity index is 940. The minimum absolute atomic E-state index is 0.222. The summed E-state index contributed by atoms with van der Waals surface area (Å²) in [5, 5.41) is 4.51. The van der Waals surface area contributed by atoms with Crippen molar-refractivity contribution in [2.45, 2.75) is 39.4 Å². The van der Waals surface area contributed by atoms with Crippen molar-refractivity contribution in [3.05, 3.63) is 46.3 Å². The van der Waals surface area contributed by atoms with Gasteiger partial charge >= 0.3 is 5.63 Å². The molecule has 7 nitrogen and oxygen atoms in total. The van der Waals surface area contributed by atoms with E-state index < -0.39 is 5.63 Å². The van der Waals surface area contributed by atoms with E-state index in [2.05, 4.69) is 11.7 Å². The van der Waals surface area contributed by atoms with Crippen molar-refractivity contribution in [1.29, 1.82) is 0 Å². The Kier molecular flexibility index (Phi) is 6.36. The van der Waals surface area contributed by atoms with E-state index in [1.165, 1.54) is 7.11 Å². The summed E-state index contributed by atoms with van der Waals surface area (Å²) in [5.41, 5.74) is 1.15. The van der Waals surface area contributed by atoms with Gasteiger partial charge in [0.05, 0.1) is 17.7 Å². The van der Waals surface area contributed by atoms with Crippen LogP contribution in [0.4, 0.5) is 0 Å². The van der Waals surface area contributed by atoms with Crippen LogP contribution in [0.1, 0.15) is 37.3 Å². The highest BCUT2D eigenvalue weighted by Crippen LogP contribution is 2.35. The molecule has 0 bridgehead atoms. The number of oxime groups is 1. The summed E-state index contributed by atoms with van der Waals surface area (Å²) in [6.07, 6.45) is 4.26. The lowest BCUT2D eigenvalue weighted by atomic mass is 10.1. The molecule has 7 heteroatoms. The van der Waals surface area contributed by atoms with Crippen molar-refractivity contribution in [2.24, 2.45) is 5.16 Å². The lowest BCUT2D eigenvalue weighted by molar-refractivity contribution is -0.106. The zero-order valence-corrected chi connectivity index (χ0v) is 16.4. The summed E-state index contributed by atoms with van der Waals surface area (Å²) in [6, 6.07) is 3.65. The lowest BCUT2D eigenvalue weighted by Gasteiger charge is -2.24. The molecule has 1 aliphatic heterocycles. The van der Waals surface area contributed by atoms with Gasteiger partial charge in [-0.1, -0.05) is 17.8 Å². The molecule has 2 aromatic rings. The van der Waals surface area contributed by atoms with Gasteiger partial charge in [0.2, 0.25) is 0 Å². The van der Waals surface area contributed by atoms with Crippen LogP contribution in [0, 0.1) is 6.92 Å². The number of aryl methyl sites for hydroxylation is 1. The fourth-order valence-electron chi connectivity index (χ4n) is 3.22. The smallest absolute Gasteiger partial charge is 0.349 e. The van der Waals surface area contributed by atoms with E-state index in [0.29, 0.717) is 40.4 Å². The number of ether oxygens (including phenoxy) is 3. The van der Waals surface area contributed by atoms with Gasteiger partial charge in [-0.15, -0.1) is 0 Å². The Hall–Kier alpha value is -2.80. The first-order valence-corrected chi connectivity index (χ1v) is 9.27. The second kappa shape index (κ2) is 8.93. The quantitative estimate of drug-likeness (QED) is 0.310. The van der Waals surface area contributed by atoms with E-state index in [-0.39, 0.29) is 18.5 Å². The van der Waals surface area contributed by atoms with Crippen LogP contribution in [0.15, 0.2) is 39.2 Å². The maximum Gasteiger partial charge on any atom is 0.349 e. The largest absolute Gasteiger partial charge is 0.488 e. The Balaban J connectivity index is 2.12. The van der Waals surface area contributed by atoms with Crippen LogP contribution in [0.5, 0.6) is 11.5 Å². The third kappa shape index (κ3) is 4.04. The standard InChI is InChI=1S/C21H25NO6/c1-5-11-26-20-15-9-10-16(27-17-8-6-7-12-25-17)13(2)19(15)28-21(23)18(20)14(3)22-24-4/h5,9-10,17H,1,6-8,11-12H2,2-4H3/b22-14+. The van der Waals surface area contributed by atoms with Crippen LogP contribution < -0.4 is 15.1 Å². The van der Waals surface area contributed by atoms with Gasteiger partial charge < -0.3 is 23.5 Å². The van der Waals surface area contributed by atoms with Crippen molar-refractivity contribution < 1.29 is 23.5 Å². The highest BCUT2D eigenvalue weighted by Gasteiger charge is 2.23. The molecule has 28 heavy (non-hydrogen) atoms. The molecule has 1 saturated heterocycles. The molecule has 0 N–H and O–H groups in total. The first-order valence-electron chi connectivity index (χ1n) is 9.27. The van der Waals surface area contributed by atoms with Crippen molar-refractivity contribution >= 4 is 16.7 Å². The topological polar surface area (TPSA) is 79.5 Å². The van der Waals surface area contributed by atoms with Gasteiger partial charge in [0.15, 0.2) is 6.29 Å². The van der Waals surface area contributed by atoms with E-state index in [4.69, 9.17) is 23.5 Å². The minimum atomic E-state index is -0.556. The second-order valence-corrected chi connectivity index (χ2v) is 6.53. The van der Waals surface area contributed by atoms with Gasteiger partial charge in [0.1, 0.15) is 36.4 Å². The average Bonchev–Trinajstić information content (AvgIpc) is 2.69. The maximum atomic E-state index is 12.7.